The first-order valence-corrected chi connectivity index (χ1v) is 13.6. The minimum Gasteiger partial charge on any atom is -0.478 e. The van der Waals surface area contributed by atoms with Gasteiger partial charge in [-0.05, 0) is 73.0 Å². The molecular formula is C33H24F9NO4. The molecule has 0 spiro atoms. The van der Waals surface area contributed by atoms with Gasteiger partial charge >= 0.3 is 18.3 Å². The number of carbonyl (C=O) groups is 2. The number of amides is 1. The summed E-state index contributed by atoms with van der Waals surface area (Å²) in [5.41, 5.74) is -9.18. The molecule has 5 nitrogen and oxygen atoms in total. The molecule has 1 atom stereocenters. The van der Waals surface area contributed by atoms with Gasteiger partial charge in [-0.15, -0.1) is 0 Å². The summed E-state index contributed by atoms with van der Waals surface area (Å²) in [7, 11) is 0. The average Bonchev–Trinajstić information content (AvgIpc) is 2.96. The van der Waals surface area contributed by atoms with E-state index in [0.29, 0.717) is 29.8 Å². The molecule has 248 valence electrons. The molecule has 0 saturated carbocycles. The predicted octanol–water partition coefficient (Wildman–Crippen LogP) is 8.30. The minimum absolute atomic E-state index is 0.194. The molecule has 2 N–H and O–H groups in total. The van der Waals surface area contributed by atoms with Crippen LogP contribution in [0.5, 0.6) is 5.75 Å². The van der Waals surface area contributed by atoms with Crippen molar-refractivity contribution in [2.75, 3.05) is 0 Å². The largest absolute Gasteiger partial charge is 0.478 e. The van der Waals surface area contributed by atoms with E-state index in [0.717, 1.165) is 38.1 Å². The Morgan fingerprint density at radius 3 is 1.87 bits per heavy atom. The molecule has 0 bridgehead atoms. The zero-order valence-electron chi connectivity index (χ0n) is 24.4. The fraction of sp³-hybridized carbons (Fsp3) is 0.212. The smallest absolute Gasteiger partial charge is 0.419 e. The summed E-state index contributed by atoms with van der Waals surface area (Å²) in [5.74, 6) is -7.78. The molecule has 4 aromatic rings. The fourth-order valence-electron chi connectivity index (χ4n) is 4.83. The Morgan fingerprint density at radius 1 is 0.723 bits per heavy atom. The van der Waals surface area contributed by atoms with E-state index in [2.05, 4.69) is 5.32 Å². The van der Waals surface area contributed by atoms with Crippen LogP contribution in [0.3, 0.4) is 0 Å². The van der Waals surface area contributed by atoms with Crippen LogP contribution in [0.25, 0.3) is 0 Å². The van der Waals surface area contributed by atoms with Gasteiger partial charge in [0.1, 0.15) is 23.2 Å². The number of carboxylic acid groups (broad SMARTS) is 1. The highest BCUT2D eigenvalue weighted by Gasteiger charge is 2.42. The topological polar surface area (TPSA) is 75.6 Å². The van der Waals surface area contributed by atoms with E-state index in [1.54, 1.807) is 6.07 Å². The molecule has 0 unspecified atom stereocenters. The molecule has 0 fully saturated rings. The highest BCUT2D eigenvalue weighted by atomic mass is 19.4. The summed E-state index contributed by atoms with van der Waals surface area (Å²) >= 11 is 0. The molecule has 1 amide bonds. The van der Waals surface area contributed by atoms with Crippen LogP contribution in [0, 0.1) is 17.5 Å². The second-order valence-electron chi connectivity index (χ2n) is 11.0. The zero-order chi connectivity index (χ0) is 34.9. The van der Waals surface area contributed by atoms with Crippen LogP contribution in [-0.4, -0.2) is 22.6 Å². The molecule has 0 saturated heterocycles. The van der Waals surface area contributed by atoms with Gasteiger partial charge in [0.05, 0.1) is 16.7 Å². The molecule has 14 heteroatoms. The van der Waals surface area contributed by atoms with Gasteiger partial charge in [-0.2, -0.15) is 26.3 Å². The maximum atomic E-state index is 15.3. The summed E-state index contributed by atoms with van der Waals surface area (Å²) < 4.78 is 132. The first-order valence-electron chi connectivity index (χ1n) is 13.6. The van der Waals surface area contributed by atoms with Gasteiger partial charge in [-0.25, -0.2) is 18.0 Å². The van der Waals surface area contributed by atoms with Crippen LogP contribution in [-0.2, 0) is 29.1 Å². The second kappa shape index (κ2) is 12.6. The first-order chi connectivity index (χ1) is 21.7. The van der Waals surface area contributed by atoms with Crippen LogP contribution in [0.1, 0.15) is 52.0 Å². The van der Waals surface area contributed by atoms with E-state index in [-0.39, 0.29) is 11.6 Å². The van der Waals surface area contributed by atoms with Gasteiger partial charge in [0.15, 0.2) is 5.60 Å². The Kier molecular flexibility index (Phi) is 9.38. The van der Waals surface area contributed by atoms with Gasteiger partial charge in [-0.3, -0.25) is 4.79 Å². The van der Waals surface area contributed by atoms with Gasteiger partial charge in [0, 0.05) is 18.1 Å². The molecule has 0 aromatic heterocycles. The average molecular weight is 670 g/mol. The summed E-state index contributed by atoms with van der Waals surface area (Å²) in [6.45, 7) is 2.25. The van der Waals surface area contributed by atoms with E-state index in [4.69, 9.17) is 4.74 Å². The molecule has 4 rings (SSSR count). The van der Waals surface area contributed by atoms with Crippen molar-refractivity contribution in [1.29, 1.82) is 0 Å². The monoisotopic (exact) mass is 669 g/mol. The molecule has 0 aliphatic carbocycles. The van der Waals surface area contributed by atoms with Crippen LogP contribution in [0.4, 0.5) is 39.5 Å². The third kappa shape index (κ3) is 7.69. The lowest BCUT2D eigenvalue weighted by Gasteiger charge is -2.37. The summed E-state index contributed by atoms with van der Waals surface area (Å²) in [6, 6.07) is 13.1. The number of ether oxygens (including phenoxy) is 1. The summed E-state index contributed by atoms with van der Waals surface area (Å²) in [4.78, 5) is 25.4. The van der Waals surface area contributed by atoms with E-state index < -0.39 is 87.2 Å². The van der Waals surface area contributed by atoms with Crippen LogP contribution in [0.2, 0.25) is 0 Å². The number of carboxylic acids is 1. The second-order valence-corrected chi connectivity index (χ2v) is 11.0. The Hall–Kier alpha value is -5.01. The van der Waals surface area contributed by atoms with Crippen molar-refractivity contribution < 1.29 is 58.9 Å². The van der Waals surface area contributed by atoms with Crippen molar-refractivity contribution >= 4 is 11.9 Å². The Balaban J connectivity index is 2.05. The van der Waals surface area contributed by atoms with Crippen molar-refractivity contribution in [2.24, 2.45) is 0 Å². The molecule has 0 heterocycles. The molecule has 0 aliphatic heterocycles. The van der Waals surface area contributed by atoms with Gasteiger partial charge < -0.3 is 15.2 Å². The third-order valence-corrected chi connectivity index (χ3v) is 7.19. The quantitative estimate of drug-likeness (QED) is 0.176. The predicted molar refractivity (Wildman–Crippen MR) is 150 cm³/mol. The number of hydrogen-bond acceptors (Lipinski definition) is 3. The van der Waals surface area contributed by atoms with E-state index >= 15 is 4.39 Å². The number of aliphatic carboxylic acids is 1. The van der Waals surface area contributed by atoms with Crippen LogP contribution >= 0.6 is 0 Å². The standard InChI is InChI=1S/C33H24F9NO4/c1-30(2,29(45)46)47-23-14-21(13-22(34)16-23)31(17-18-6-4-3-5-7-18,20-9-11-27(36)25(15-20)33(40,41)42)43-28(44)19-8-10-26(35)24(12-19)32(37,38)39/h3-16H,17H2,1-2H3,(H,43,44)(H,45,46)/t31-/m1/s1. The van der Waals surface area contributed by atoms with Crippen molar-refractivity contribution in [3.8, 4) is 5.75 Å². The number of carbonyl (C=O) groups excluding carboxylic acids is 1. The molecule has 4 aromatic carbocycles. The lowest BCUT2D eigenvalue weighted by molar-refractivity contribution is -0.152. The van der Waals surface area contributed by atoms with E-state index in [1.165, 1.54) is 24.3 Å². The summed E-state index contributed by atoms with van der Waals surface area (Å²) in [5, 5.41) is 11.9. The highest BCUT2D eigenvalue weighted by molar-refractivity contribution is 5.95. The number of hydrogen-bond donors (Lipinski definition) is 2. The van der Waals surface area contributed by atoms with Crippen LogP contribution in [0.15, 0.2) is 84.9 Å². The normalized spacial score (nSPS) is 13.5. The Labute approximate surface area is 261 Å². The van der Waals surface area contributed by atoms with Crippen molar-refractivity contribution in [3.05, 3.63) is 136 Å². The van der Waals surface area contributed by atoms with E-state index in [1.807, 2.05) is 0 Å². The zero-order valence-corrected chi connectivity index (χ0v) is 24.4. The van der Waals surface area contributed by atoms with Gasteiger partial charge in [0.25, 0.3) is 5.91 Å². The van der Waals surface area contributed by atoms with E-state index in [9.17, 15) is 49.8 Å². The highest BCUT2D eigenvalue weighted by Crippen LogP contribution is 2.41. The fourth-order valence-corrected chi connectivity index (χ4v) is 4.83. The maximum absolute atomic E-state index is 15.3. The molecule has 0 aliphatic rings. The number of nitrogens with one attached hydrogen (secondary N) is 1. The van der Waals surface area contributed by atoms with Crippen molar-refractivity contribution in [1.82, 2.24) is 5.32 Å². The minimum atomic E-state index is -5.26. The third-order valence-electron chi connectivity index (χ3n) is 7.19. The molecule has 47 heavy (non-hydrogen) atoms. The lowest BCUT2D eigenvalue weighted by atomic mass is 9.77. The summed E-state index contributed by atoms with van der Waals surface area (Å²) in [6.07, 6.45) is -11.0. The lowest BCUT2D eigenvalue weighted by Crippen LogP contribution is -2.49. The van der Waals surface area contributed by atoms with Crippen molar-refractivity contribution in [3.63, 3.8) is 0 Å². The Morgan fingerprint density at radius 2 is 1.30 bits per heavy atom. The van der Waals surface area contributed by atoms with Crippen molar-refractivity contribution in [2.45, 2.75) is 43.8 Å². The van der Waals surface area contributed by atoms with Gasteiger partial charge in [0.2, 0.25) is 0 Å². The van der Waals surface area contributed by atoms with Gasteiger partial charge in [-0.1, -0.05) is 36.4 Å². The molecule has 0 radical (unpaired) electrons. The first kappa shape index (κ1) is 34.9. The molecular weight excluding hydrogens is 645 g/mol. The van der Waals surface area contributed by atoms with Crippen LogP contribution < -0.4 is 10.1 Å². The SMILES string of the molecule is CC(C)(Oc1cc(F)cc([C@](Cc2ccccc2)(NC(=O)c2ccc(F)c(C(F)(F)F)c2)c2ccc(F)c(C(F)(F)F)c2)c1)C(=O)O. The maximum Gasteiger partial charge on any atom is 0.419 e. The number of alkyl halides is 6. The Bertz CT molecular complexity index is 1800. The number of rotatable bonds is 9. The number of benzene rings is 4. The number of halogens is 9.